The van der Waals surface area contributed by atoms with E-state index in [1.807, 2.05) is 0 Å². The molecule has 0 bridgehead atoms. The molecule has 2 aromatic heterocycles. The van der Waals surface area contributed by atoms with Crippen LogP contribution in [0.15, 0.2) is 45.9 Å². The Morgan fingerprint density at radius 3 is 2.37 bits per heavy atom. The molecule has 0 aliphatic carbocycles. The zero-order valence-corrected chi connectivity index (χ0v) is 15.0. The van der Waals surface area contributed by atoms with Crippen LogP contribution in [0.4, 0.5) is 0 Å². The fraction of sp³-hybridized carbons (Fsp3) is 0.316. The highest BCUT2D eigenvalue weighted by Gasteiger charge is 2.24. The second-order valence-electron chi connectivity index (χ2n) is 6.65. The number of fused-ring (bicyclic) bond motifs is 1. The van der Waals surface area contributed by atoms with Gasteiger partial charge in [0.15, 0.2) is 5.58 Å². The Morgan fingerprint density at radius 2 is 1.70 bits per heavy atom. The quantitative estimate of drug-likeness (QED) is 0.741. The minimum absolute atomic E-state index is 0.0296. The van der Waals surface area contributed by atoms with Crippen molar-refractivity contribution in [2.45, 2.75) is 6.42 Å². The predicted octanol–water partition coefficient (Wildman–Crippen LogP) is 1.45. The smallest absolute Gasteiger partial charge is 0.408 e. The number of rotatable bonds is 2. The molecular weight excluding hydrogens is 348 g/mol. The van der Waals surface area contributed by atoms with Gasteiger partial charge in [-0.1, -0.05) is 0 Å². The van der Waals surface area contributed by atoms with Crippen LogP contribution in [-0.4, -0.2) is 57.3 Å². The number of aryl methyl sites for hydroxylation is 1. The summed E-state index contributed by atoms with van der Waals surface area (Å²) in [6.45, 7) is 2.14. The van der Waals surface area contributed by atoms with Gasteiger partial charge in [0.1, 0.15) is 0 Å². The fourth-order valence-electron chi connectivity index (χ4n) is 3.41. The number of H-pyrrole nitrogens is 1. The van der Waals surface area contributed by atoms with Crippen molar-refractivity contribution in [1.29, 1.82) is 0 Å². The number of benzene rings is 1. The number of hydrogen-bond acceptors (Lipinski definition) is 4. The number of carbonyl (C=O) groups excluding carboxylic acids is 2. The van der Waals surface area contributed by atoms with Crippen LogP contribution < -0.4 is 5.76 Å². The maximum atomic E-state index is 12.9. The molecule has 8 nitrogen and oxygen atoms in total. The van der Waals surface area contributed by atoms with Gasteiger partial charge in [0.05, 0.1) is 11.1 Å². The van der Waals surface area contributed by atoms with Crippen molar-refractivity contribution in [3.8, 4) is 0 Å². The molecule has 1 aliphatic heterocycles. The summed E-state index contributed by atoms with van der Waals surface area (Å²) in [6, 6.07) is 6.77. The number of oxazole rings is 1. The van der Waals surface area contributed by atoms with Crippen LogP contribution in [0.3, 0.4) is 0 Å². The Hall–Kier alpha value is -3.29. The number of hydrogen-bond donors (Lipinski definition) is 1. The Labute approximate surface area is 155 Å². The third kappa shape index (κ3) is 3.14. The lowest BCUT2D eigenvalue weighted by atomic mass is 10.1. The molecule has 1 aromatic carbocycles. The van der Waals surface area contributed by atoms with Crippen molar-refractivity contribution < 1.29 is 14.0 Å². The van der Waals surface area contributed by atoms with Crippen molar-refractivity contribution >= 4 is 22.9 Å². The van der Waals surface area contributed by atoms with E-state index < -0.39 is 5.76 Å². The Bertz CT molecular complexity index is 1050. The number of aromatic amines is 1. The summed E-state index contributed by atoms with van der Waals surface area (Å²) in [7, 11) is 1.63. The second kappa shape index (κ2) is 6.79. The van der Waals surface area contributed by atoms with Gasteiger partial charge in [0.25, 0.3) is 11.8 Å². The largest absolute Gasteiger partial charge is 0.419 e. The van der Waals surface area contributed by atoms with Crippen molar-refractivity contribution in [2.24, 2.45) is 7.05 Å². The molecule has 2 amide bonds. The van der Waals surface area contributed by atoms with Crippen LogP contribution in [0.25, 0.3) is 11.1 Å². The third-order valence-electron chi connectivity index (χ3n) is 4.95. The van der Waals surface area contributed by atoms with E-state index in [-0.39, 0.29) is 11.8 Å². The van der Waals surface area contributed by atoms with Gasteiger partial charge < -0.3 is 19.2 Å². The molecule has 0 atom stereocenters. The third-order valence-corrected chi connectivity index (χ3v) is 4.95. The first kappa shape index (κ1) is 17.1. The van der Waals surface area contributed by atoms with Crippen LogP contribution in [0.5, 0.6) is 0 Å². The molecule has 1 fully saturated rings. The molecule has 3 aromatic rings. The highest BCUT2D eigenvalue weighted by molar-refractivity contribution is 5.97. The first-order valence-electron chi connectivity index (χ1n) is 8.85. The maximum Gasteiger partial charge on any atom is 0.419 e. The van der Waals surface area contributed by atoms with E-state index in [1.165, 1.54) is 4.57 Å². The van der Waals surface area contributed by atoms with Crippen molar-refractivity contribution in [2.75, 3.05) is 26.2 Å². The Kier molecular flexibility index (Phi) is 4.31. The minimum Gasteiger partial charge on any atom is -0.408 e. The highest BCUT2D eigenvalue weighted by Crippen LogP contribution is 2.17. The molecule has 0 spiro atoms. The van der Waals surface area contributed by atoms with Crippen LogP contribution in [0, 0.1) is 0 Å². The molecule has 0 radical (unpaired) electrons. The van der Waals surface area contributed by atoms with E-state index in [0.717, 1.165) is 0 Å². The van der Waals surface area contributed by atoms with Crippen LogP contribution >= 0.6 is 0 Å². The zero-order chi connectivity index (χ0) is 19.0. The Morgan fingerprint density at radius 1 is 1.00 bits per heavy atom. The molecule has 1 saturated heterocycles. The molecule has 1 N–H and O–H groups in total. The monoisotopic (exact) mass is 368 g/mol. The van der Waals surface area contributed by atoms with E-state index >= 15 is 0 Å². The number of nitrogens with one attached hydrogen (secondary N) is 1. The Balaban J connectivity index is 1.49. The van der Waals surface area contributed by atoms with Crippen molar-refractivity contribution in [3.63, 3.8) is 0 Å². The van der Waals surface area contributed by atoms with E-state index in [2.05, 4.69) is 4.98 Å². The first-order valence-corrected chi connectivity index (χ1v) is 8.85. The van der Waals surface area contributed by atoms with Crippen LogP contribution in [0.1, 0.15) is 27.1 Å². The maximum absolute atomic E-state index is 12.9. The number of nitrogens with zero attached hydrogens (tertiary/aromatic N) is 3. The summed E-state index contributed by atoms with van der Waals surface area (Å²) in [5, 5.41) is 0. The second-order valence-corrected chi connectivity index (χ2v) is 6.65. The van der Waals surface area contributed by atoms with Gasteiger partial charge in [-0.2, -0.15) is 0 Å². The zero-order valence-electron chi connectivity index (χ0n) is 15.0. The SMILES string of the molecule is Cn1c(=O)oc2cc(C(=O)N3CCCN(C(=O)c4cc[nH]c4)CC3)ccc21. The van der Waals surface area contributed by atoms with Gasteiger partial charge >= 0.3 is 5.76 Å². The van der Waals surface area contributed by atoms with Gasteiger partial charge in [-0.05, 0) is 30.7 Å². The fourth-order valence-corrected chi connectivity index (χ4v) is 3.41. The summed E-state index contributed by atoms with van der Waals surface area (Å²) in [4.78, 5) is 43.4. The average molecular weight is 368 g/mol. The molecular formula is C19H20N4O4. The lowest BCUT2D eigenvalue weighted by molar-refractivity contribution is 0.0719. The lowest BCUT2D eigenvalue weighted by Gasteiger charge is -2.22. The molecule has 0 saturated carbocycles. The van der Waals surface area contributed by atoms with Gasteiger partial charge in [-0.15, -0.1) is 0 Å². The van der Waals surface area contributed by atoms with E-state index in [0.29, 0.717) is 54.8 Å². The van der Waals surface area contributed by atoms with Crippen molar-refractivity contribution in [1.82, 2.24) is 19.4 Å². The van der Waals surface area contributed by atoms with Crippen molar-refractivity contribution in [3.05, 3.63) is 58.3 Å². The number of aromatic nitrogens is 2. The normalized spacial score (nSPS) is 15.1. The molecule has 8 heteroatoms. The molecule has 4 rings (SSSR count). The molecule has 27 heavy (non-hydrogen) atoms. The molecule has 0 unspecified atom stereocenters. The van der Waals surface area contributed by atoms with Crippen LogP contribution in [0.2, 0.25) is 0 Å². The molecule has 140 valence electrons. The van der Waals surface area contributed by atoms with E-state index in [9.17, 15) is 14.4 Å². The summed E-state index contributed by atoms with van der Waals surface area (Å²) >= 11 is 0. The lowest BCUT2D eigenvalue weighted by Crippen LogP contribution is -2.37. The summed E-state index contributed by atoms with van der Waals surface area (Å²) in [5.41, 5.74) is 2.14. The summed E-state index contributed by atoms with van der Waals surface area (Å²) in [6.07, 6.45) is 4.11. The molecule has 3 heterocycles. The van der Waals surface area contributed by atoms with E-state index in [1.54, 1.807) is 53.5 Å². The number of amides is 2. The number of carbonyl (C=O) groups is 2. The minimum atomic E-state index is -0.455. The van der Waals surface area contributed by atoms with E-state index in [4.69, 9.17) is 4.42 Å². The average Bonchev–Trinajstić information content (AvgIpc) is 3.22. The molecule has 1 aliphatic rings. The van der Waals surface area contributed by atoms with Crippen LogP contribution in [-0.2, 0) is 7.05 Å². The summed E-state index contributed by atoms with van der Waals surface area (Å²) in [5.74, 6) is -0.611. The van der Waals surface area contributed by atoms with Gasteiger partial charge in [0.2, 0.25) is 0 Å². The van der Waals surface area contributed by atoms with Gasteiger partial charge in [-0.3, -0.25) is 14.2 Å². The summed E-state index contributed by atoms with van der Waals surface area (Å²) < 4.78 is 6.58. The standard InChI is InChI=1S/C19H20N4O4/c1-21-15-4-3-13(11-16(15)27-19(21)26)17(24)22-7-2-8-23(10-9-22)18(25)14-5-6-20-12-14/h3-6,11-12,20H,2,7-10H2,1H3. The predicted molar refractivity (Wildman–Crippen MR) is 98.7 cm³/mol. The van der Waals surface area contributed by atoms with Gasteiger partial charge in [-0.25, -0.2) is 4.79 Å². The first-order chi connectivity index (χ1) is 13.0. The topological polar surface area (TPSA) is 91.6 Å². The van der Waals surface area contributed by atoms with Gasteiger partial charge in [0, 0.05) is 51.2 Å². The highest BCUT2D eigenvalue weighted by atomic mass is 16.4.